The van der Waals surface area contributed by atoms with Crippen molar-refractivity contribution in [2.75, 3.05) is 10.6 Å². The summed E-state index contributed by atoms with van der Waals surface area (Å²) in [7, 11) is 0. The van der Waals surface area contributed by atoms with E-state index >= 15 is 0 Å². The van der Waals surface area contributed by atoms with Crippen LogP contribution in [0.3, 0.4) is 0 Å². The Kier molecular flexibility index (Phi) is 4.60. The van der Waals surface area contributed by atoms with Gasteiger partial charge in [0, 0.05) is 18.3 Å². The zero-order valence-corrected chi connectivity index (χ0v) is 12.5. The van der Waals surface area contributed by atoms with Gasteiger partial charge in [0.1, 0.15) is 0 Å². The molecule has 0 heterocycles. The minimum Gasteiger partial charge on any atom is -0.326 e. The molecule has 2 aromatic carbocycles. The SMILES string of the molecule is CC(=O)Nc1cccc(NC(=O)c2ccc(C)cc2Cl)c1. The average Bonchev–Trinajstić information content (AvgIpc) is 2.37. The Balaban J connectivity index is 2.17. The average molecular weight is 303 g/mol. The highest BCUT2D eigenvalue weighted by atomic mass is 35.5. The number of hydrogen-bond donors (Lipinski definition) is 2. The molecular weight excluding hydrogens is 288 g/mol. The maximum Gasteiger partial charge on any atom is 0.257 e. The van der Waals surface area contributed by atoms with Crippen molar-refractivity contribution >= 4 is 34.8 Å². The van der Waals surface area contributed by atoms with E-state index in [1.807, 2.05) is 13.0 Å². The van der Waals surface area contributed by atoms with Crippen LogP contribution in [0.2, 0.25) is 5.02 Å². The van der Waals surface area contributed by atoms with Gasteiger partial charge in [-0.25, -0.2) is 0 Å². The van der Waals surface area contributed by atoms with Crippen LogP contribution in [0.25, 0.3) is 0 Å². The second kappa shape index (κ2) is 6.41. The second-order valence-electron chi connectivity index (χ2n) is 4.70. The predicted octanol–water partition coefficient (Wildman–Crippen LogP) is 3.86. The van der Waals surface area contributed by atoms with E-state index in [2.05, 4.69) is 10.6 Å². The van der Waals surface area contributed by atoms with Crippen LogP contribution in [0, 0.1) is 6.92 Å². The van der Waals surface area contributed by atoms with Gasteiger partial charge in [0.2, 0.25) is 5.91 Å². The monoisotopic (exact) mass is 302 g/mol. The van der Waals surface area contributed by atoms with Crippen molar-refractivity contribution in [3.8, 4) is 0 Å². The van der Waals surface area contributed by atoms with Crippen LogP contribution < -0.4 is 10.6 Å². The van der Waals surface area contributed by atoms with Crippen LogP contribution in [-0.4, -0.2) is 11.8 Å². The lowest BCUT2D eigenvalue weighted by atomic mass is 10.1. The number of rotatable bonds is 3. The van der Waals surface area contributed by atoms with E-state index < -0.39 is 0 Å². The van der Waals surface area contributed by atoms with Crippen molar-refractivity contribution in [1.82, 2.24) is 0 Å². The summed E-state index contributed by atoms with van der Waals surface area (Å²) in [6, 6.07) is 12.2. The highest BCUT2D eigenvalue weighted by Gasteiger charge is 2.10. The maximum atomic E-state index is 12.2. The zero-order valence-electron chi connectivity index (χ0n) is 11.7. The van der Waals surface area contributed by atoms with Crippen molar-refractivity contribution < 1.29 is 9.59 Å². The third-order valence-electron chi connectivity index (χ3n) is 2.81. The summed E-state index contributed by atoms with van der Waals surface area (Å²) in [6.07, 6.45) is 0. The molecule has 0 saturated carbocycles. The minimum atomic E-state index is -0.292. The van der Waals surface area contributed by atoms with E-state index in [9.17, 15) is 9.59 Å². The summed E-state index contributed by atoms with van der Waals surface area (Å²) in [4.78, 5) is 23.2. The maximum absolute atomic E-state index is 12.2. The molecule has 2 N–H and O–H groups in total. The predicted molar refractivity (Wildman–Crippen MR) is 84.9 cm³/mol. The largest absolute Gasteiger partial charge is 0.326 e. The van der Waals surface area contributed by atoms with E-state index in [1.165, 1.54) is 6.92 Å². The minimum absolute atomic E-state index is 0.167. The van der Waals surface area contributed by atoms with Crippen molar-refractivity contribution in [2.45, 2.75) is 13.8 Å². The Morgan fingerprint density at radius 2 is 1.67 bits per heavy atom. The van der Waals surface area contributed by atoms with Gasteiger partial charge in [-0.2, -0.15) is 0 Å². The van der Waals surface area contributed by atoms with Crippen molar-refractivity contribution in [2.24, 2.45) is 0 Å². The van der Waals surface area contributed by atoms with Crippen LogP contribution in [0.5, 0.6) is 0 Å². The molecular formula is C16H15ClN2O2. The summed E-state index contributed by atoms with van der Waals surface area (Å²) < 4.78 is 0. The number of anilines is 2. The molecule has 0 aliphatic heterocycles. The number of carbonyl (C=O) groups excluding carboxylic acids is 2. The second-order valence-corrected chi connectivity index (χ2v) is 5.11. The van der Waals surface area contributed by atoms with Crippen LogP contribution in [0.4, 0.5) is 11.4 Å². The van der Waals surface area contributed by atoms with E-state index in [4.69, 9.17) is 11.6 Å². The van der Waals surface area contributed by atoms with E-state index in [0.717, 1.165) is 5.56 Å². The normalized spacial score (nSPS) is 10.0. The fourth-order valence-electron chi connectivity index (χ4n) is 1.88. The molecule has 0 saturated heterocycles. The van der Waals surface area contributed by atoms with Gasteiger partial charge in [0.05, 0.1) is 10.6 Å². The fourth-order valence-corrected chi connectivity index (χ4v) is 2.20. The number of halogens is 1. The molecule has 21 heavy (non-hydrogen) atoms. The molecule has 2 rings (SSSR count). The first-order valence-corrected chi connectivity index (χ1v) is 6.78. The Hall–Kier alpha value is -2.33. The van der Waals surface area contributed by atoms with Gasteiger partial charge in [-0.05, 0) is 42.8 Å². The lowest BCUT2D eigenvalue weighted by molar-refractivity contribution is -0.114. The third kappa shape index (κ3) is 4.07. The first-order valence-electron chi connectivity index (χ1n) is 6.41. The van der Waals surface area contributed by atoms with Crippen molar-refractivity contribution in [3.63, 3.8) is 0 Å². The van der Waals surface area contributed by atoms with Gasteiger partial charge < -0.3 is 10.6 Å². The molecule has 0 bridgehead atoms. The molecule has 0 fully saturated rings. The molecule has 4 nitrogen and oxygen atoms in total. The summed E-state index contributed by atoms with van der Waals surface area (Å²) in [5.74, 6) is -0.458. The van der Waals surface area contributed by atoms with Crippen molar-refractivity contribution in [3.05, 3.63) is 58.6 Å². The molecule has 108 valence electrons. The first-order chi connectivity index (χ1) is 9.95. The number of amides is 2. The van der Waals surface area contributed by atoms with Gasteiger partial charge in [-0.1, -0.05) is 23.7 Å². The van der Waals surface area contributed by atoms with E-state index in [1.54, 1.807) is 36.4 Å². The lowest BCUT2D eigenvalue weighted by Crippen LogP contribution is -2.13. The Bertz CT molecular complexity index is 698. The van der Waals surface area contributed by atoms with Gasteiger partial charge in [-0.15, -0.1) is 0 Å². The zero-order chi connectivity index (χ0) is 15.4. The number of aryl methyl sites for hydroxylation is 1. The highest BCUT2D eigenvalue weighted by molar-refractivity contribution is 6.34. The number of benzene rings is 2. The molecule has 2 amide bonds. The topological polar surface area (TPSA) is 58.2 Å². The number of carbonyl (C=O) groups is 2. The molecule has 2 aromatic rings. The van der Waals surface area contributed by atoms with Gasteiger partial charge in [0.25, 0.3) is 5.91 Å². The Morgan fingerprint density at radius 1 is 1.00 bits per heavy atom. The summed E-state index contributed by atoms with van der Waals surface area (Å²) in [5, 5.41) is 5.83. The Labute approximate surface area is 128 Å². The summed E-state index contributed by atoms with van der Waals surface area (Å²) in [5.41, 5.74) is 2.61. The third-order valence-corrected chi connectivity index (χ3v) is 3.12. The lowest BCUT2D eigenvalue weighted by Gasteiger charge is -2.09. The summed E-state index contributed by atoms with van der Waals surface area (Å²) >= 11 is 6.07. The molecule has 0 aliphatic carbocycles. The van der Waals surface area contributed by atoms with Gasteiger partial charge >= 0.3 is 0 Å². The molecule has 0 radical (unpaired) electrons. The van der Waals surface area contributed by atoms with Gasteiger partial charge in [-0.3, -0.25) is 9.59 Å². The Morgan fingerprint density at radius 3 is 2.29 bits per heavy atom. The van der Waals surface area contributed by atoms with Crippen LogP contribution in [-0.2, 0) is 4.79 Å². The van der Waals surface area contributed by atoms with Crippen molar-refractivity contribution in [1.29, 1.82) is 0 Å². The molecule has 0 spiro atoms. The van der Waals surface area contributed by atoms with E-state index in [-0.39, 0.29) is 11.8 Å². The standard InChI is InChI=1S/C16H15ClN2O2/c1-10-6-7-14(15(17)8-10)16(21)19-13-5-3-4-12(9-13)18-11(2)20/h3-9H,1-2H3,(H,18,20)(H,19,21). The quantitative estimate of drug-likeness (QED) is 0.904. The smallest absolute Gasteiger partial charge is 0.257 e. The summed E-state index contributed by atoms with van der Waals surface area (Å²) in [6.45, 7) is 3.34. The fraction of sp³-hybridized carbons (Fsp3) is 0.125. The molecule has 0 atom stereocenters. The molecule has 5 heteroatoms. The van der Waals surface area contributed by atoms with E-state index in [0.29, 0.717) is 22.0 Å². The molecule has 0 aromatic heterocycles. The first kappa shape index (κ1) is 15.1. The molecule has 0 unspecified atom stereocenters. The molecule has 0 aliphatic rings. The highest BCUT2D eigenvalue weighted by Crippen LogP contribution is 2.20. The van der Waals surface area contributed by atoms with Crippen LogP contribution >= 0.6 is 11.6 Å². The van der Waals surface area contributed by atoms with Gasteiger partial charge in [0.15, 0.2) is 0 Å². The number of nitrogens with one attached hydrogen (secondary N) is 2. The van der Waals surface area contributed by atoms with Crippen LogP contribution in [0.15, 0.2) is 42.5 Å². The number of hydrogen-bond acceptors (Lipinski definition) is 2. The van der Waals surface area contributed by atoms with Crippen LogP contribution in [0.1, 0.15) is 22.8 Å².